The molecule has 2 nitrogen and oxygen atoms in total. The second-order valence-corrected chi connectivity index (χ2v) is 3.69. The highest BCUT2D eigenvalue weighted by atomic mass is 35.5. The van der Waals surface area contributed by atoms with Gasteiger partial charge in [0.15, 0.2) is 0 Å². The van der Waals surface area contributed by atoms with E-state index in [1.807, 2.05) is 0 Å². The van der Waals surface area contributed by atoms with Gasteiger partial charge in [0.2, 0.25) is 0 Å². The number of carbonyl (C=O) groups is 1. The molecule has 0 heterocycles. The van der Waals surface area contributed by atoms with Crippen LogP contribution < -0.4 is 0 Å². The second-order valence-electron chi connectivity index (χ2n) is 2.84. The van der Waals surface area contributed by atoms with E-state index >= 15 is 0 Å². The molecule has 0 bridgehead atoms. The number of rotatable bonds is 3. The van der Waals surface area contributed by atoms with Gasteiger partial charge in [0.05, 0.1) is 0 Å². The van der Waals surface area contributed by atoms with Crippen molar-refractivity contribution < 1.29 is 9.53 Å². The zero-order valence-electron chi connectivity index (χ0n) is 8.17. The molecule has 4 heteroatoms. The zero-order chi connectivity index (χ0) is 11.3. The molecule has 0 aliphatic carbocycles. The second kappa shape index (κ2) is 5.79. The highest BCUT2D eigenvalue weighted by Crippen LogP contribution is 2.21. The SMILES string of the molecule is C/C=C/C(=O)OCc1ccc(Cl)cc1Cl. The van der Waals surface area contributed by atoms with Gasteiger partial charge in [-0.25, -0.2) is 4.79 Å². The number of hydrogen-bond acceptors (Lipinski definition) is 2. The monoisotopic (exact) mass is 244 g/mol. The Morgan fingerprint density at radius 3 is 2.80 bits per heavy atom. The van der Waals surface area contributed by atoms with Gasteiger partial charge in [-0.2, -0.15) is 0 Å². The van der Waals surface area contributed by atoms with E-state index < -0.39 is 0 Å². The number of benzene rings is 1. The van der Waals surface area contributed by atoms with Crippen LogP contribution in [0.4, 0.5) is 0 Å². The van der Waals surface area contributed by atoms with Gasteiger partial charge in [0.1, 0.15) is 6.61 Å². The molecule has 0 fully saturated rings. The van der Waals surface area contributed by atoms with Crippen molar-refractivity contribution >= 4 is 29.2 Å². The van der Waals surface area contributed by atoms with Gasteiger partial charge in [0.25, 0.3) is 0 Å². The smallest absolute Gasteiger partial charge is 0.330 e. The quantitative estimate of drug-likeness (QED) is 0.600. The van der Waals surface area contributed by atoms with E-state index in [4.69, 9.17) is 27.9 Å². The van der Waals surface area contributed by atoms with Gasteiger partial charge in [-0.1, -0.05) is 35.3 Å². The third kappa shape index (κ3) is 3.94. The van der Waals surface area contributed by atoms with Crippen molar-refractivity contribution in [2.45, 2.75) is 13.5 Å². The van der Waals surface area contributed by atoms with E-state index in [2.05, 4.69) is 0 Å². The fourth-order valence-corrected chi connectivity index (χ4v) is 1.43. The molecule has 0 saturated heterocycles. The van der Waals surface area contributed by atoms with Crippen molar-refractivity contribution in [2.75, 3.05) is 0 Å². The molecular weight excluding hydrogens is 235 g/mol. The summed E-state index contributed by atoms with van der Waals surface area (Å²) in [6.07, 6.45) is 2.97. The Balaban J connectivity index is 2.62. The number of carbonyl (C=O) groups excluding carboxylic acids is 1. The molecule has 1 aromatic carbocycles. The third-order valence-corrected chi connectivity index (χ3v) is 2.27. The summed E-state index contributed by atoms with van der Waals surface area (Å²) in [5.41, 5.74) is 0.735. The van der Waals surface area contributed by atoms with Crippen molar-refractivity contribution in [1.82, 2.24) is 0 Å². The van der Waals surface area contributed by atoms with Crippen molar-refractivity contribution in [2.24, 2.45) is 0 Å². The van der Waals surface area contributed by atoms with E-state index in [0.29, 0.717) is 10.0 Å². The van der Waals surface area contributed by atoms with Crippen molar-refractivity contribution in [3.05, 3.63) is 46.0 Å². The average Bonchev–Trinajstić information content (AvgIpc) is 2.17. The fraction of sp³-hybridized carbons (Fsp3) is 0.182. The Morgan fingerprint density at radius 2 is 2.20 bits per heavy atom. The third-order valence-electron chi connectivity index (χ3n) is 1.69. The molecule has 1 rings (SSSR count). The number of esters is 1. The molecule has 1 aromatic rings. The van der Waals surface area contributed by atoms with Crippen LogP contribution in [0.2, 0.25) is 10.0 Å². The van der Waals surface area contributed by atoms with E-state index in [1.54, 1.807) is 31.2 Å². The molecule has 0 atom stereocenters. The normalized spacial score (nSPS) is 10.6. The summed E-state index contributed by atoms with van der Waals surface area (Å²) in [5.74, 6) is -0.386. The van der Waals surface area contributed by atoms with Crippen LogP contribution >= 0.6 is 23.2 Å². The minimum Gasteiger partial charge on any atom is -0.458 e. The number of allylic oxidation sites excluding steroid dienone is 1. The molecule has 0 aliphatic heterocycles. The predicted octanol–water partition coefficient (Wildman–Crippen LogP) is 3.61. The van der Waals surface area contributed by atoms with Crippen LogP contribution in [0.5, 0.6) is 0 Å². The Labute approximate surface area is 98.4 Å². The summed E-state index contributed by atoms with van der Waals surface area (Å²) in [6, 6.07) is 5.04. The van der Waals surface area contributed by atoms with Crippen molar-refractivity contribution in [3.63, 3.8) is 0 Å². The molecule has 0 spiro atoms. The van der Waals surface area contributed by atoms with Gasteiger partial charge < -0.3 is 4.74 Å². The van der Waals surface area contributed by atoms with Gasteiger partial charge in [-0.05, 0) is 19.1 Å². The largest absolute Gasteiger partial charge is 0.458 e. The molecular formula is C11H10Cl2O2. The van der Waals surface area contributed by atoms with E-state index in [9.17, 15) is 4.79 Å². The van der Waals surface area contributed by atoms with Crippen LogP contribution in [-0.2, 0) is 16.1 Å². The van der Waals surface area contributed by atoms with Crippen LogP contribution in [0.3, 0.4) is 0 Å². The molecule has 80 valence electrons. The first-order valence-electron chi connectivity index (χ1n) is 4.37. The summed E-state index contributed by atoms with van der Waals surface area (Å²) >= 11 is 11.6. The predicted molar refractivity (Wildman–Crippen MR) is 61.1 cm³/mol. The Kier molecular flexibility index (Phi) is 4.66. The molecule has 0 unspecified atom stereocenters. The lowest BCUT2D eigenvalue weighted by Crippen LogP contribution is -2.00. The Morgan fingerprint density at radius 1 is 1.47 bits per heavy atom. The van der Waals surface area contributed by atoms with E-state index in [0.717, 1.165) is 5.56 Å². The van der Waals surface area contributed by atoms with E-state index in [1.165, 1.54) is 6.08 Å². The summed E-state index contributed by atoms with van der Waals surface area (Å²) in [7, 11) is 0. The Hall–Kier alpha value is -0.990. The highest BCUT2D eigenvalue weighted by Gasteiger charge is 2.03. The van der Waals surface area contributed by atoms with Crippen LogP contribution in [0.15, 0.2) is 30.4 Å². The topological polar surface area (TPSA) is 26.3 Å². The average molecular weight is 245 g/mol. The highest BCUT2D eigenvalue weighted by molar-refractivity contribution is 6.35. The number of halogens is 2. The summed E-state index contributed by atoms with van der Waals surface area (Å²) in [6.45, 7) is 1.90. The first kappa shape index (κ1) is 12.1. The standard InChI is InChI=1S/C11H10Cl2O2/c1-2-3-11(14)15-7-8-4-5-9(12)6-10(8)13/h2-6H,7H2,1H3/b3-2+. The number of ether oxygens (including phenoxy) is 1. The lowest BCUT2D eigenvalue weighted by atomic mass is 10.2. The molecule has 0 aliphatic rings. The molecule has 15 heavy (non-hydrogen) atoms. The molecule has 0 N–H and O–H groups in total. The molecule has 0 amide bonds. The Bertz CT molecular complexity index is 386. The van der Waals surface area contributed by atoms with Crippen LogP contribution in [-0.4, -0.2) is 5.97 Å². The fourth-order valence-electron chi connectivity index (χ4n) is 0.972. The van der Waals surface area contributed by atoms with Crippen molar-refractivity contribution in [3.8, 4) is 0 Å². The minimum absolute atomic E-state index is 0.152. The summed E-state index contributed by atoms with van der Waals surface area (Å²) in [5, 5.41) is 1.05. The lowest BCUT2D eigenvalue weighted by molar-refractivity contribution is -0.139. The first-order valence-corrected chi connectivity index (χ1v) is 5.12. The lowest BCUT2D eigenvalue weighted by Gasteiger charge is -2.04. The maximum Gasteiger partial charge on any atom is 0.330 e. The van der Waals surface area contributed by atoms with Gasteiger partial charge in [0, 0.05) is 21.7 Å². The van der Waals surface area contributed by atoms with Crippen LogP contribution in [0.25, 0.3) is 0 Å². The van der Waals surface area contributed by atoms with Crippen LogP contribution in [0, 0.1) is 0 Å². The maximum atomic E-state index is 11.0. The number of hydrogen-bond donors (Lipinski definition) is 0. The van der Waals surface area contributed by atoms with Crippen molar-refractivity contribution in [1.29, 1.82) is 0 Å². The van der Waals surface area contributed by atoms with E-state index in [-0.39, 0.29) is 12.6 Å². The molecule has 0 radical (unpaired) electrons. The van der Waals surface area contributed by atoms with Gasteiger partial charge in [-0.3, -0.25) is 0 Å². The summed E-state index contributed by atoms with van der Waals surface area (Å²) in [4.78, 5) is 11.0. The summed E-state index contributed by atoms with van der Waals surface area (Å²) < 4.78 is 4.94. The minimum atomic E-state index is -0.386. The zero-order valence-corrected chi connectivity index (χ0v) is 9.68. The van der Waals surface area contributed by atoms with Gasteiger partial charge in [-0.15, -0.1) is 0 Å². The first-order chi connectivity index (χ1) is 7.13. The molecule has 0 saturated carbocycles. The maximum absolute atomic E-state index is 11.0. The molecule has 0 aromatic heterocycles. The van der Waals surface area contributed by atoms with Gasteiger partial charge >= 0.3 is 5.97 Å². The van der Waals surface area contributed by atoms with Crippen LogP contribution in [0.1, 0.15) is 12.5 Å².